The van der Waals surface area contributed by atoms with E-state index in [0.717, 1.165) is 6.26 Å². The highest BCUT2D eigenvalue weighted by molar-refractivity contribution is 7.90. The molecule has 3 atom stereocenters. The van der Waals surface area contributed by atoms with Crippen LogP contribution in [-0.4, -0.2) is 85.1 Å². The Morgan fingerprint density at radius 2 is 1.67 bits per heavy atom. The first-order chi connectivity index (χ1) is 24.6. The summed E-state index contributed by atoms with van der Waals surface area (Å²) in [5, 5.41) is 10.6. The highest BCUT2D eigenvalue weighted by atomic mass is 32.2. The maximum absolute atomic E-state index is 17.3. The molecule has 5 heterocycles. The Morgan fingerprint density at radius 1 is 0.962 bits per heavy atom. The lowest BCUT2D eigenvalue weighted by Gasteiger charge is -2.47. The average molecular weight is 748 g/mol. The molecule has 1 amide bonds. The molecule has 274 valence electrons. The number of pyridine rings is 1. The van der Waals surface area contributed by atoms with Crippen LogP contribution in [0.25, 0.3) is 32.9 Å². The Labute approximate surface area is 303 Å². The molecule has 2 saturated heterocycles. The predicted molar refractivity (Wildman–Crippen MR) is 199 cm³/mol. The Bertz CT molecular complexity index is 2290. The van der Waals surface area contributed by atoms with Gasteiger partial charge in [-0.2, -0.15) is 0 Å². The van der Waals surface area contributed by atoms with Gasteiger partial charge < -0.3 is 14.7 Å². The first-order valence-corrected chi connectivity index (χ1v) is 21.9. The number of hydrogen-bond acceptors (Lipinski definition) is 8. The maximum atomic E-state index is 17.3. The minimum absolute atomic E-state index is 0.0137. The number of carboxylic acid groups (broad SMARTS) is 1. The van der Waals surface area contributed by atoms with E-state index in [-0.39, 0.29) is 64.7 Å². The lowest BCUT2D eigenvalue weighted by Crippen LogP contribution is -2.62. The third-order valence-electron chi connectivity index (χ3n) is 11.5. The van der Waals surface area contributed by atoms with E-state index in [0.29, 0.717) is 46.7 Å². The van der Waals surface area contributed by atoms with Gasteiger partial charge in [-0.1, -0.05) is 71.7 Å². The smallest absolute Gasteiger partial charge is 0.407 e. The van der Waals surface area contributed by atoms with E-state index in [1.807, 2.05) is 11.0 Å². The van der Waals surface area contributed by atoms with E-state index in [1.165, 1.54) is 11.0 Å². The quantitative estimate of drug-likeness (QED) is 0.125. The van der Waals surface area contributed by atoms with Crippen LogP contribution in [0.15, 0.2) is 35.5 Å². The third kappa shape index (κ3) is 5.58. The summed E-state index contributed by atoms with van der Waals surface area (Å²) in [5.74, 6) is 1.96. The summed E-state index contributed by atoms with van der Waals surface area (Å²) in [4.78, 5) is 29.1. The molecule has 0 saturated carbocycles. The number of anilines is 1. The van der Waals surface area contributed by atoms with Gasteiger partial charge in [0.25, 0.3) is 0 Å². The van der Waals surface area contributed by atoms with Crippen LogP contribution >= 0.6 is 0 Å². The zero-order valence-corrected chi connectivity index (χ0v) is 32.2. The second kappa shape index (κ2) is 12.9. The molecule has 1 N–H and O–H groups in total. The second-order valence-corrected chi connectivity index (χ2v) is 22.7. The molecule has 2 aromatic heterocycles. The summed E-state index contributed by atoms with van der Waals surface area (Å²) in [6, 6.07) is 7.07. The van der Waals surface area contributed by atoms with Crippen molar-refractivity contribution >= 4 is 51.5 Å². The fraction of sp³-hybridized carbons (Fsp3) is 0.474. The molecule has 52 heavy (non-hydrogen) atoms. The molecule has 10 nitrogen and oxygen atoms in total. The van der Waals surface area contributed by atoms with Gasteiger partial charge >= 0.3 is 6.09 Å². The van der Waals surface area contributed by atoms with E-state index in [9.17, 15) is 18.3 Å². The summed E-state index contributed by atoms with van der Waals surface area (Å²) < 4.78 is 65.5. The van der Waals surface area contributed by atoms with Crippen molar-refractivity contribution in [3.8, 4) is 28.6 Å². The van der Waals surface area contributed by atoms with Gasteiger partial charge in [-0.15, -0.1) is 5.54 Å². The molecular weight excluding hydrogens is 705 g/mol. The molecule has 7 rings (SSSR count). The number of piperazine rings is 1. The van der Waals surface area contributed by atoms with Crippen LogP contribution in [0.4, 0.5) is 19.4 Å². The lowest BCUT2D eigenvalue weighted by atomic mass is 9.96. The van der Waals surface area contributed by atoms with Gasteiger partial charge in [0.05, 0.1) is 30.3 Å². The molecule has 4 aromatic rings. The third-order valence-corrected chi connectivity index (χ3v) is 18.6. The molecule has 0 aliphatic carbocycles. The van der Waals surface area contributed by atoms with Crippen LogP contribution in [0.1, 0.15) is 66.4 Å². The highest BCUT2D eigenvalue weighted by Gasteiger charge is 2.50. The van der Waals surface area contributed by atoms with E-state index in [1.54, 1.807) is 18.2 Å². The van der Waals surface area contributed by atoms with Crippen LogP contribution in [0.3, 0.4) is 0 Å². The fourth-order valence-electron chi connectivity index (χ4n) is 9.24. The predicted octanol–water partition coefficient (Wildman–Crippen LogP) is 7.58. The van der Waals surface area contributed by atoms with E-state index >= 15 is 8.78 Å². The molecule has 0 spiro atoms. The maximum Gasteiger partial charge on any atom is 0.407 e. The van der Waals surface area contributed by atoms with Crippen LogP contribution in [0.5, 0.6) is 5.88 Å². The molecule has 0 unspecified atom stereocenters. The summed E-state index contributed by atoms with van der Waals surface area (Å²) in [7, 11) is -6.33. The highest BCUT2D eigenvalue weighted by Crippen LogP contribution is 2.46. The number of amides is 1. The largest absolute Gasteiger partial charge is 0.477 e. The molecule has 14 heteroatoms. The second-order valence-electron chi connectivity index (χ2n) is 15.2. The number of rotatable bonds is 5. The van der Waals surface area contributed by atoms with Gasteiger partial charge in [0.1, 0.15) is 36.3 Å². The average Bonchev–Trinajstić information content (AvgIpc) is 3.40. The van der Waals surface area contributed by atoms with Crippen molar-refractivity contribution in [2.75, 3.05) is 24.3 Å². The first-order valence-electron chi connectivity index (χ1n) is 17.8. The minimum Gasteiger partial charge on any atom is -0.477 e. The number of aromatic nitrogens is 3. The number of fused-ring (bicyclic) bond motifs is 6. The number of carbonyl (C=O) groups is 1. The van der Waals surface area contributed by atoms with E-state index in [4.69, 9.17) is 9.72 Å². The standard InChI is InChI=1S/C38H43F2N5O5SSi/c1-20(2)52(21(3)4,22(5)6)18-16-25-27(39)13-11-23-9-8-10-26(30(23)25)33-32(40)34-31-35(43-37(42-34)51(7,48)49)44-19-24-12-14-29(45(24)38(46)47)28(44)15-17-50-36(31)41-33/h8-11,13,20-22,24,28-29H,12,14-15,17,19H2,1-7H3,(H,46,47)/t24-,28-,29+/m1/s1. The number of sulfone groups is 1. The van der Waals surface area contributed by atoms with Crippen molar-refractivity contribution in [2.24, 2.45) is 0 Å². The molecule has 2 fully saturated rings. The zero-order valence-electron chi connectivity index (χ0n) is 30.4. The lowest BCUT2D eigenvalue weighted by molar-refractivity contribution is 0.0955. The summed E-state index contributed by atoms with van der Waals surface area (Å²) >= 11 is 0. The van der Waals surface area contributed by atoms with Crippen molar-refractivity contribution in [1.29, 1.82) is 0 Å². The Hall–Kier alpha value is -4.35. The summed E-state index contributed by atoms with van der Waals surface area (Å²) in [5.41, 5.74) is 4.44. The van der Waals surface area contributed by atoms with Crippen molar-refractivity contribution in [2.45, 2.75) is 101 Å². The topological polar surface area (TPSA) is 126 Å². The molecule has 2 bridgehead atoms. The molecular formula is C38H43F2N5O5SSi. The Balaban J connectivity index is 1.50. The van der Waals surface area contributed by atoms with Gasteiger partial charge in [0.15, 0.2) is 5.82 Å². The Kier molecular flexibility index (Phi) is 8.97. The van der Waals surface area contributed by atoms with Crippen LogP contribution < -0.4 is 9.64 Å². The first kappa shape index (κ1) is 36.0. The minimum atomic E-state index is -4.04. The molecule has 2 aromatic carbocycles. The van der Waals surface area contributed by atoms with Crippen LogP contribution in [0, 0.1) is 23.1 Å². The van der Waals surface area contributed by atoms with Gasteiger partial charge in [-0.25, -0.2) is 36.9 Å². The molecule has 3 aliphatic heterocycles. The molecule has 3 aliphatic rings. The van der Waals surface area contributed by atoms with Gasteiger partial charge in [-0.3, -0.25) is 4.90 Å². The monoisotopic (exact) mass is 747 g/mol. The number of nitrogens with zero attached hydrogens (tertiary/aromatic N) is 5. The van der Waals surface area contributed by atoms with Gasteiger partial charge in [0.2, 0.25) is 20.9 Å². The van der Waals surface area contributed by atoms with Crippen molar-refractivity contribution < 1.29 is 31.8 Å². The van der Waals surface area contributed by atoms with Gasteiger partial charge in [0, 0.05) is 30.2 Å². The number of ether oxygens (including phenoxy) is 1. The van der Waals surface area contributed by atoms with E-state index in [2.05, 4.69) is 63.0 Å². The van der Waals surface area contributed by atoms with Crippen LogP contribution in [-0.2, 0) is 9.84 Å². The summed E-state index contributed by atoms with van der Waals surface area (Å²) in [6.45, 7) is 13.4. The van der Waals surface area contributed by atoms with E-state index < -0.39 is 46.8 Å². The SMILES string of the molecule is CC(C)[Si](C#Cc1c(F)ccc2cccc(-c3nc4c5c(nc(S(C)(=O)=O)nc5c3F)N3C[C@H]5CC[C@@H]([C@H]3CCO4)N5C(=O)O)c12)(C(C)C)C(C)C. The van der Waals surface area contributed by atoms with Crippen molar-refractivity contribution in [1.82, 2.24) is 19.9 Å². The number of benzene rings is 2. The fourth-order valence-corrected chi connectivity index (χ4v) is 15.0. The van der Waals surface area contributed by atoms with Crippen molar-refractivity contribution in [3.63, 3.8) is 0 Å². The normalized spacial score (nSPS) is 20.2. The zero-order chi connectivity index (χ0) is 37.4. The number of hydrogen-bond donors (Lipinski definition) is 1. The van der Waals surface area contributed by atoms with Crippen LogP contribution in [0.2, 0.25) is 16.6 Å². The summed E-state index contributed by atoms with van der Waals surface area (Å²) in [6.07, 6.45) is 1.59. The number of halogens is 2. The van der Waals surface area contributed by atoms with Crippen molar-refractivity contribution in [3.05, 3.63) is 47.5 Å². The molecule has 0 radical (unpaired) electrons. The van der Waals surface area contributed by atoms with Gasteiger partial charge in [-0.05, 0) is 40.9 Å². The Morgan fingerprint density at radius 3 is 2.33 bits per heavy atom.